The summed E-state index contributed by atoms with van der Waals surface area (Å²) in [4.78, 5) is 0. The van der Waals surface area contributed by atoms with Crippen LogP contribution in [0.2, 0.25) is 0 Å². The van der Waals surface area contributed by atoms with Gasteiger partial charge in [0.1, 0.15) is 23.2 Å². The smallest absolute Gasteiger partial charge is 0.116 e. The van der Waals surface area contributed by atoms with Gasteiger partial charge in [-0.2, -0.15) is 0 Å². The third kappa shape index (κ3) is 4.29. The summed E-state index contributed by atoms with van der Waals surface area (Å²) in [5.74, 6) is 0. The lowest BCUT2D eigenvalue weighted by molar-refractivity contribution is -0.00000628. The molecule has 0 nitrogen and oxygen atoms in total. The van der Waals surface area contributed by atoms with Crippen LogP contribution in [0, 0.1) is 13.8 Å². The van der Waals surface area contributed by atoms with Crippen LogP contribution in [0.15, 0.2) is 121 Å². The Hall–Kier alpha value is -2.73. The predicted molar refractivity (Wildman–Crippen MR) is 142 cm³/mol. The van der Waals surface area contributed by atoms with Gasteiger partial charge in [-0.15, -0.1) is 0 Å². The quantitative estimate of drug-likeness (QED) is 0.314. The van der Waals surface area contributed by atoms with Crippen LogP contribution >= 0.6 is 7.26 Å². The summed E-state index contributed by atoms with van der Waals surface area (Å²) in [6, 6.07) is 44.8. The van der Waals surface area contributed by atoms with Crippen molar-refractivity contribution in [2.24, 2.45) is 0 Å². The number of fused-ring (bicyclic) bond motifs is 1. The van der Waals surface area contributed by atoms with Crippen LogP contribution in [-0.2, 0) is 6.16 Å². The first kappa shape index (κ1) is 23.4. The lowest BCUT2D eigenvalue weighted by atomic mass is 9.97. The third-order valence-corrected chi connectivity index (χ3v) is 10.9. The van der Waals surface area contributed by atoms with E-state index in [2.05, 4.69) is 135 Å². The minimum atomic E-state index is -1.92. The van der Waals surface area contributed by atoms with E-state index in [1.165, 1.54) is 43.4 Å². The molecule has 0 atom stereocenters. The monoisotopic (exact) mass is 510 g/mol. The van der Waals surface area contributed by atoms with Crippen molar-refractivity contribution in [2.75, 3.05) is 0 Å². The molecule has 0 spiro atoms. The third-order valence-electron chi connectivity index (χ3n) is 6.57. The van der Waals surface area contributed by atoms with Gasteiger partial charge in [0, 0.05) is 5.56 Å². The summed E-state index contributed by atoms with van der Waals surface area (Å²) in [5.41, 5.74) is 4.20. The lowest BCUT2D eigenvalue weighted by Crippen LogP contribution is -3.00. The largest absolute Gasteiger partial charge is 1.00 e. The fourth-order valence-corrected chi connectivity index (χ4v) is 9.39. The van der Waals surface area contributed by atoms with Crippen LogP contribution in [0.1, 0.15) is 16.7 Å². The summed E-state index contributed by atoms with van der Waals surface area (Å²) in [6.45, 7) is 4.51. The molecule has 5 rings (SSSR count). The van der Waals surface area contributed by atoms with Gasteiger partial charge in [-0.1, -0.05) is 84.9 Å². The minimum Gasteiger partial charge on any atom is -1.00 e. The summed E-state index contributed by atoms with van der Waals surface area (Å²) >= 11 is 0. The maximum absolute atomic E-state index is 2.37. The average Bonchev–Trinajstić information content (AvgIpc) is 2.86. The Bertz CT molecular complexity index is 1250. The zero-order valence-corrected chi connectivity index (χ0v) is 21.6. The van der Waals surface area contributed by atoms with Crippen LogP contribution < -0.4 is 32.9 Å². The van der Waals surface area contributed by atoms with Gasteiger partial charge in [-0.25, -0.2) is 0 Å². The van der Waals surface area contributed by atoms with Gasteiger partial charge in [-0.3, -0.25) is 0 Å². The highest BCUT2D eigenvalue weighted by Crippen LogP contribution is 2.59. The summed E-state index contributed by atoms with van der Waals surface area (Å²) in [6.07, 6.45) is 1.01. The minimum absolute atomic E-state index is 0. The van der Waals surface area contributed by atoms with Crippen molar-refractivity contribution in [3.63, 3.8) is 0 Å². The van der Waals surface area contributed by atoms with Crippen molar-refractivity contribution < 1.29 is 17.0 Å². The second kappa shape index (κ2) is 10.0. The molecule has 0 aliphatic rings. The van der Waals surface area contributed by atoms with E-state index in [1.807, 2.05) is 0 Å². The number of halogens is 1. The van der Waals surface area contributed by atoms with Crippen LogP contribution in [-0.4, -0.2) is 0 Å². The molecule has 0 aliphatic carbocycles. The Morgan fingerprint density at radius 3 is 1.33 bits per heavy atom. The second-order valence-corrected chi connectivity index (χ2v) is 12.0. The van der Waals surface area contributed by atoms with Gasteiger partial charge in [0.15, 0.2) is 0 Å². The molecule has 0 radical (unpaired) electrons. The zero-order valence-electron chi connectivity index (χ0n) is 19.1. The number of hydrogen-bond donors (Lipinski definition) is 0. The molecule has 5 aromatic carbocycles. The second-order valence-electron chi connectivity index (χ2n) is 8.51. The first-order valence-corrected chi connectivity index (χ1v) is 13.2. The van der Waals surface area contributed by atoms with Crippen LogP contribution in [0.5, 0.6) is 0 Å². The first-order valence-electron chi connectivity index (χ1n) is 11.2. The predicted octanol–water partition coefficient (Wildman–Crippen LogP) is 3.95. The Kier molecular flexibility index (Phi) is 7.13. The Morgan fingerprint density at radius 1 is 0.485 bits per heavy atom. The van der Waals surface area contributed by atoms with Gasteiger partial charge < -0.3 is 17.0 Å². The highest BCUT2D eigenvalue weighted by Gasteiger charge is 2.45. The van der Waals surface area contributed by atoms with Crippen molar-refractivity contribution in [3.05, 3.63) is 138 Å². The molecule has 0 amide bonds. The average molecular weight is 511 g/mol. The number of benzene rings is 5. The summed E-state index contributed by atoms with van der Waals surface area (Å²) in [5, 5.41) is 7.04. The molecule has 0 bridgehead atoms. The Morgan fingerprint density at radius 2 is 0.879 bits per heavy atom. The Labute approximate surface area is 208 Å². The molecule has 0 saturated carbocycles. The van der Waals surface area contributed by atoms with E-state index in [4.69, 9.17) is 0 Å². The lowest BCUT2D eigenvalue weighted by Gasteiger charge is -2.29. The molecular formula is C31H28BrP. The molecular weight excluding hydrogens is 483 g/mol. The highest BCUT2D eigenvalue weighted by atomic mass is 79.9. The van der Waals surface area contributed by atoms with E-state index in [9.17, 15) is 0 Å². The standard InChI is InChI=1S/C31H28P.BrH/c1-24-22-25(2)31(30-21-13-12-20-29(24)30)23-32(26-14-6-3-7-15-26,27-16-8-4-9-17-27)28-18-10-5-11-19-28;/h3-22H,23H2,1-2H3;1H/q+1;/p-1. The van der Waals surface area contributed by atoms with Crippen molar-refractivity contribution in [1.29, 1.82) is 0 Å². The Balaban J connectivity index is 0.00000259. The van der Waals surface area contributed by atoms with Crippen molar-refractivity contribution in [1.82, 2.24) is 0 Å². The van der Waals surface area contributed by atoms with Crippen LogP contribution in [0.3, 0.4) is 0 Å². The van der Waals surface area contributed by atoms with E-state index in [0.717, 1.165) is 6.16 Å². The van der Waals surface area contributed by atoms with Gasteiger partial charge in [0.05, 0.1) is 6.16 Å². The van der Waals surface area contributed by atoms with E-state index in [1.54, 1.807) is 0 Å². The molecule has 33 heavy (non-hydrogen) atoms. The normalized spacial score (nSPS) is 11.2. The number of rotatable bonds is 5. The molecule has 2 heteroatoms. The van der Waals surface area contributed by atoms with E-state index in [-0.39, 0.29) is 17.0 Å². The van der Waals surface area contributed by atoms with Crippen molar-refractivity contribution in [3.8, 4) is 0 Å². The first-order chi connectivity index (χ1) is 15.7. The van der Waals surface area contributed by atoms with E-state index < -0.39 is 7.26 Å². The van der Waals surface area contributed by atoms with Gasteiger partial charge in [0.25, 0.3) is 0 Å². The van der Waals surface area contributed by atoms with E-state index >= 15 is 0 Å². The highest BCUT2D eigenvalue weighted by molar-refractivity contribution is 7.95. The van der Waals surface area contributed by atoms with Gasteiger partial charge in [-0.05, 0) is 72.1 Å². The van der Waals surface area contributed by atoms with E-state index in [0.29, 0.717) is 0 Å². The number of hydrogen-bond acceptors (Lipinski definition) is 0. The van der Waals surface area contributed by atoms with Crippen LogP contribution in [0.4, 0.5) is 0 Å². The SMILES string of the molecule is Cc1cc(C)c2ccccc2c1C[P+](c1ccccc1)(c1ccccc1)c1ccccc1.[Br-]. The molecule has 0 N–H and O–H groups in total. The van der Waals surface area contributed by atoms with Crippen LogP contribution in [0.25, 0.3) is 10.8 Å². The molecule has 0 saturated heterocycles. The molecule has 0 fully saturated rings. The van der Waals surface area contributed by atoms with Crippen molar-refractivity contribution in [2.45, 2.75) is 20.0 Å². The zero-order chi connectivity index (χ0) is 22.0. The molecule has 5 aromatic rings. The molecule has 164 valence electrons. The van der Waals surface area contributed by atoms with Gasteiger partial charge >= 0.3 is 0 Å². The summed E-state index contributed by atoms with van der Waals surface area (Å²) in [7, 11) is -1.92. The van der Waals surface area contributed by atoms with Gasteiger partial charge in [0.2, 0.25) is 0 Å². The molecule has 0 heterocycles. The molecule has 0 aromatic heterocycles. The fraction of sp³-hybridized carbons (Fsp3) is 0.0968. The maximum atomic E-state index is 2.37. The van der Waals surface area contributed by atoms with Crippen molar-refractivity contribution >= 4 is 33.9 Å². The molecule has 0 aliphatic heterocycles. The maximum Gasteiger partial charge on any atom is 0.116 e. The number of aryl methyl sites for hydroxylation is 2. The topological polar surface area (TPSA) is 0 Å². The summed E-state index contributed by atoms with van der Waals surface area (Å²) < 4.78 is 0. The molecule has 0 unspecified atom stereocenters. The fourth-order valence-electron chi connectivity index (χ4n) is 5.01.